The highest BCUT2D eigenvalue weighted by Gasteiger charge is 2.28. The van der Waals surface area contributed by atoms with E-state index in [-0.39, 0.29) is 24.5 Å². The number of ether oxygens (including phenoxy) is 1. The second-order valence-corrected chi connectivity index (χ2v) is 8.07. The lowest BCUT2D eigenvalue weighted by molar-refractivity contribution is -0.142. The summed E-state index contributed by atoms with van der Waals surface area (Å²) in [6.45, 7) is 6.09. The third kappa shape index (κ3) is 7.54. The van der Waals surface area contributed by atoms with Crippen LogP contribution in [0.1, 0.15) is 32.8 Å². The van der Waals surface area contributed by atoms with E-state index >= 15 is 0 Å². The Hall–Kier alpha value is -2.34. The molecule has 0 saturated carbocycles. The Morgan fingerprint density at radius 1 is 1.07 bits per heavy atom. The standard InChI is InChI=1S/C23H29BrN2O3/c1-4-21(23(28)25-17(2)3)26(15-14-18-8-6-5-7-9-18)22(27)16-29-20-12-10-19(24)11-13-20/h5-13,17,21H,4,14-16H2,1-3H3,(H,25,28)/t21-/m1/s1. The molecule has 0 unspecified atom stereocenters. The van der Waals surface area contributed by atoms with E-state index in [0.717, 1.165) is 10.0 Å². The molecule has 0 aliphatic heterocycles. The fourth-order valence-corrected chi connectivity index (χ4v) is 3.30. The summed E-state index contributed by atoms with van der Waals surface area (Å²) < 4.78 is 6.61. The van der Waals surface area contributed by atoms with E-state index in [0.29, 0.717) is 25.1 Å². The van der Waals surface area contributed by atoms with Crippen molar-refractivity contribution in [3.05, 3.63) is 64.6 Å². The lowest BCUT2D eigenvalue weighted by atomic mass is 10.1. The lowest BCUT2D eigenvalue weighted by Gasteiger charge is -2.31. The van der Waals surface area contributed by atoms with E-state index in [9.17, 15) is 9.59 Å². The molecule has 2 aromatic rings. The topological polar surface area (TPSA) is 58.6 Å². The minimum Gasteiger partial charge on any atom is -0.484 e. The maximum Gasteiger partial charge on any atom is 0.261 e. The first-order valence-corrected chi connectivity index (χ1v) is 10.7. The monoisotopic (exact) mass is 460 g/mol. The van der Waals surface area contributed by atoms with Crippen LogP contribution in [-0.4, -0.2) is 41.9 Å². The van der Waals surface area contributed by atoms with Crippen molar-refractivity contribution in [1.29, 1.82) is 0 Å². The van der Waals surface area contributed by atoms with Crippen LogP contribution in [0.5, 0.6) is 5.75 Å². The third-order valence-corrected chi connectivity index (χ3v) is 5.01. The molecule has 0 bridgehead atoms. The zero-order chi connectivity index (χ0) is 21.2. The predicted octanol–water partition coefficient (Wildman–Crippen LogP) is 4.20. The van der Waals surface area contributed by atoms with Gasteiger partial charge in [-0.3, -0.25) is 9.59 Å². The third-order valence-electron chi connectivity index (χ3n) is 4.48. The SMILES string of the molecule is CC[C@H](C(=O)NC(C)C)N(CCc1ccccc1)C(=O)COc1ccc(Br)cc1. The fourth-order valence-electron chi connectivity index (χ4n) is 3.04. The van der Waals surface area contributed by atoms with E-state index in [1.54, 1.807) is 17.0 Å². The van der Waals surface area contributed by atoms with Crippen LogP contribution in [-0.2, 0) is 16.0 Å². The van der Waals surface area contributed by atoms with Gasteiger partial charge in [0.05, 0.1) is 0 Å². The van der Waals surface area contributed by atoms with Crippen molar-refractivity contribution in [3.63, 3.8) is 0 Å². The van der Waals surface area contributed by atoms with Gasteiger partial charge in [-0.1, -0.05) is 53.2 Å². The molecule has 0 aliphatic carbocycles. The van der Waals surface area contributed by atoms with E-state index in [1.165, 1.54) is 0 Å². The summed E-state index contributed by atoms with van der Waals surface area (Å²) in [7, 11) is 0. The van der Waals surface area contributed by atoms with Gasteiger partial charge >= 0.3 is 0 Å². The molecule has 1 N–H and O–H groups in total. The Kier molecular flexibility index (Phi) is 9.19. The van der Waals surface area contributed by atoms with Crippen LogP contribution in [0.25, 0.3) is 0 Å². The molecule has 1 atom stereocenters. The van der Waals surface area contributed by atoms with Gasteiger partial charge in [-0.2, -0.15) is 0 Å². The van der Waals surface area contributed by atoms with Gasteiger partial charge in [-0.15, -0.1) is 0 Å². The number of benzene rings is 2. The molecule has 0 aliphatic rings. The number of hydrogen-bond donors (Lipinski definition) is 1. The molecule has 0 spiro atoms. The zero-order valence-electron chi connectivity index (χ0n) is 17.2. The minimum absolute atomic E-state index is 0.0154. The van der Waals surface area contributed by atoms with Crippen LogP contribution in [0, 0.1) is 0 Å². The summed E-state index contributed by atoms with van der Waals surface area (Å²) in [6, 6.07) is 16.8. The van der Waals surface area contributed by atoms with E-state index in [2.05, 4.69) is 21.2 Å². The number of halogens is 1. The number of amides is 2. The summed E-state index contributed by atoms with van der Waals surface area (Å²) in [6.07, 6.45) is 1.22. The first-order chi connectivity index (χ1) is 13.9. The lowest BCUT2D eigenvalue weighted by Crippen LogP contribution is -2.52. The minimum atomic E-state index is -0.526. The number of nitrogens with one attached hydrogen (secondary N) is 1. The molecule has 2 amide bonds. The predicted molar refractivity (Wildman–Crippen MR) is 119 cm³/mol. The zero-order valence-corrected chi connectivity index (χ0v) is 18.8. The van der Waals surface area contributed by atoms with Gasteiger partial charge < -0.3 is 15.0 Å². The van der Waals surface area contributed by atoms with Crippen LogP contribution < -0.4 is 10.1 Å². The number of hydrogen-bond acceptors (Lipinski definition) is 3. The van der Waals surface area contributed by atoms with Gasteiger partial charge in [0, 0.05) is 17.1 Å². The van der Waals surface area contributed by atoms with Gasteiger partial charge in [0.1, 0.15) is 11.8 Å². The van der Waals surface area contributed by atoms with Crippen molar-refractivity contribution < 1.29 is 14.3 Å². The van der Waals surface area contributed by atoms with Crippen LogP contribution >= 0.6 is 15.9 Å². The van der Waals surface area contributed by atoms with Crippen molar-refractivity contribution >= 4 is 27.7 Å². The van der Waals surface area contributed by atoms with Gasteiger partial charge in [0.15, 0.2) is 6.61 Å². The van der Waals surface area contributed by atoms with Crippen LogP contribution in [0.3, 0.4) is 0 Å². The second kappa shape index (κ2) is 11.6. The van der Waals surface area contributed by atoms with Crippen molar-refractivity contribution in [2.24, 2.45) is 0 Å². The van der Waals surface area contributed by atoms with Crippen molar-refractivity contribution in [2.75, 3.05) is 13.2 Å². The molecule has 0 fully saturated rings. The second-order valence-electron chi connectivity index (χ2n) is 7.15. The van der Waals surface area contributed by atoms with Crippen molar-refractivity contribution in [1.82, 2.24) is 10.2 Å². The molecule has 0 radical (unpaired) electrons. The largest absolute Gasteiger partial charge is 0.484 e. The maximum atomic E-state index is 13.0. The number of nitrogens with zero attached hydrogens (tertiary/aromatic N) is 1. The molecule has 156 valence electrons. The Labute approximate surface area is 181 Å². The molecule has 5 nitrogen and oxygen atoms in total. The quantitative estimate of drug-likeness (QED) is 0.577. The Balaban J connectivity index is 2.11. The molecular weight excluding hydrogens is 432 g/mol. The van der Waals surface area contributed by atoms with Gasteiger partial charge in [0.25, 0.3) is 5.91 Å². The Morgan fingerprint density at radius 3 is 2.31 bits per heavy atom. The maximum absolute atomic E-state index is 13.0. The van der Waals surface area contributed by atoms with Crippen molar-refractivity contribution in [2.45, 2.75) is 45.7 Å². The first kappa shape index (κ1) is 22.9. The fraction of sp³-hybridized carbons (Fsp3) is 0.391. The first-order valence-electron chi connectivity index (χ1n) is 9.92. The van der Waals surface area contributed by atoms with Crippen LogP contribution in [0.4, 0.5) is 0 Å². The van der Waals surface area contributed by atoms with E-state index < -0.39 is 6.04 Å². The van der Waals surface area contributed by atoms with Crippen LogP contribution in [0.15, 0.2) is 59.1 Å². The summed E-state index contributed by atoms with van der Waals surface area (Å²) in [5.74, 6) is 0.284. The van der Waals surface area contributed by atoms with Gasteiger partial charge in [-0.05, 0) is 56.5 Å². The summed E-state index contributed by atoms with van der Waals surface area (Å²) in [4.78, 5) is 27.4. The molecule has 6 heteroatoms. The van der Waals surface area contributed by atoms with Crippen LogP contribution in [0.2, 0.25) is 0 Å². The molecule has 29 heavy (non-hydrogen) atoms. The summed E-state index contributed by atoms with van der Waals surface area (Å²) in [5, 5.41) is 2.93. The summed E-state index contributed by atoms with van der Waals surface area (Å²) in [5.41, 5.74) is 1.12. The van der Waals surface area contributed by atoms with Gasteiger partial charge in [-0.25, -0.2) is 0 Å². The molecule has 0 aromatic heterocycles. The highest BCUT2D eigenvalue weighted by molar-refractivity contribution is 9.10. The highest BCUT2D eigenvalue weighted by Crippen LogP contribution is 2.17. The van der Waals surface area contributed by atoms with E-state index in [4.69, 9.17) is 4.74 Å². The van der Waals surface area contributed by atoms with Gasteiger partial charge in [0.2, 0.25) is 5.91 Å². The molecule has 0 heterocycles. The molecule has 2 rings (SSSR count). The Bertz CT molecular complexity index is 778. The normalized spacial score (nSPS) is 11.8. The Morgan fingerprint density at radius 2 is 1.72 bits per heavy atom. The average Bonchev–Trinajstić information content (AvgIpc) is 2.70. The molecule has 2 aromatic carbocycles. The summed E-state index contributed by atoms with van der Waals surface area (Å²) >= 11 is 3.38. The average molecular weight is 461 g/mol. The number of rotatable bonds is 10. The van der Waals surface area contributed by atoms with E-state index in [1.807, 2.05) is 63.2 Å². The number of carbonyl (C=O) groups is 2. The molecular formula is C23H29BrN2O3. The van der Waals surface area contributed by atoms with Crippen molar-refractivity contribution in [3.8, 4) is 5.75 Å². The highest BCUT2D eigenvalue weighted by atomic mass is 79.9. The molecule has 0 saturated heterocycles. The number of carbonyl (C=O) groups excluding carboxylic acids is 2. The smallest absolute Gasteiger partial charge is 0.261 e.